The second kappa shape index (κ2) is 7.85. The van der Waals surface area contributed by atoms with E-state index in [2.05, 4.69) is 33.1 Å². The lowest BCUT2D eigenvalue weighted by atomic mass is 10.1. The fraction of sp³-hybridized carbons (Fsp3) is 0.217. The third-order valence-electron chi connectivity index (χ3n) is 5.48. The first-order valence-corrected chi connectivity index (χ1v) is 10.8. The number of thiophene rings is 1. The van der Waals surface area contributed by atoms with Crippen molar-refractivity contribution in [3.63, 3.8) is 0 Å². The van der Waals surface area contributed by atoms with Gasteiger partial charge in [0.25, 0.3) is 0 Å². The highest BCUT2D eigenvalue weighted by molar-refractivity contribution is 7.21. The van der Waals surface area contributed by atoms with Crippen LogP contribution >= 0.6 is 11.3 Å². The second-order valence-electron chi connectivity index (χ2n) is 7.41. The summed E-state index contributed by atoms with van der Waals surface area (Å²) in [6.45, 7) is 2.61. The minimum atomic E-state index is -4.33. The normalized spacial score (nSPS) is 14.9. The number of hydrogen-bond acceptors (Lipinski definition) is 5. The molecule has 0 N–H and O–H groups in total. The molecule has 1 fully saturated rings. The first-order valence-electron chi connectivity index (χ1n) is 9.96. The van der Waals surface area contributed by atoms with Gasteiger partial charge in [-0.25, -0.2) is 9.97 Å². The van der Waals surface area contributed by atoms with E-state index in [1.807, 2.05) is 23.1 Å². The van der Waals surface area contributed by atoms with Crippen molar-refractivity contribution in [1.82, 2.24) is 9.97 Å². The molecule has 0 spiro atoms. The highest BCUT2D eigenvalue weighted by atomic mass is 32.1. The zero-order chi connectivity index (χ0) is 21.4. The standard InChI is InChI=1S/C23H19F3N4S/c24-23(25,26)17-7-4-8-18(13-17)29-9-11-30(12-10-29)21-19-14-20(16-5-2-1-3-6-16)31-22(19)28-15-27-21/h1-8,13-15H,9-12H2. The molecule has 158 valence electrons. The van der Waals surface area contributed by atoms with E-state index in [0.29, 0.717) is 31.9 Å². The summed E-state index contributed by atoms with van der Waals surface area (Å²) >= 11 is 1.64. The van der Waals surface area contributed by atoms with Crippen molar-refractivity contribution >= 4 is 33.1 Å². The molecule has 0 unspecified atom stereocenters. The molecule has 1 aliphatic rings. The van der Waals surface area contributed by atoms with Gasteiger partial charge in [0.05, 0.1) is 10.9 Å². The average Bonchev–Trinajstić information content (AvgIpc) is 3.24. The Morgan fingerprint density at radius 3 is 2.29 bits per heavy atom. The summed E-state index contributed by atoms with van der Waals surface area (Å²) in [6, 6.07) is 17.8. The molecule has 0 radical (unpaired) electrons. The summed E-state index contributed by atoms with van der Waals surface area (Å²) in [5.41, 5.74) is 1.13. The Morgan fingerprint density at radius 1 is 0.806 bits per heavy atom. The quantitative estimate of drug-likeness (QED) is 0.409. The highest BCUT2D eigenvalue weighted by Crippen LogP contribution is 2.37. The Kier molecular flexibility index (Phi) is 5.02. The fourth-order valence-electron chi connectivity index (χ4n) is 3.90. The molecule has 4 aromatic rings. The molecular weight excluding hydrogens is 421 g/mol. The number of halogens is 3. The topological polar surface area (TPSA) is 32.3 Å². The summed E-state index contributed by atoms with van der Waals surface area (Å²) in [7, 11) is 0. The Bertz CT molecular complexity index is 1200. The molecule has 2 aromatic carbocycles. The van der Waals surface area contributed by atoms with E-state index in [4.69, 9.17) is 0 Å². The Morgan fingerprint density at radius 2 is 1.55 bits per heavy atom. The average molecular weight is 440 g/mol. The fourth-order valence-corrected chi connectivity index (χ4v) is 4.89. The van der Waals surface area contributed by atoms with Gasteiger partial charge < -0.3 is 9.80 Å². The summed E-state index contributed by atoms with van der Waals surface area (Å²) in [5.74, 6) is 0.882. The van der Waals surface area contributed by atoms with Crippen LogP contribution < -0.4 is 9.80 Å². The molecule has 0 atom stereocenters. The van der Waals surface area contributed by atoms with Crippen LogP contribution in [0.4, 0.5) is 24.7 Å². The van der Waals surface area contributed by atoms with Gasteiger partial charge >= 0.3 is 6.18 Å². The zero-order valence-corrected chi connectivity index (χ0v) is 17.3. The Hall–Kier alpha value is -3.13. The molecule has 0 bridgehead atoms. The second-order valence-corrected chi connectivity index (χ2v) is 8.45. The van der Waals surface area contributed by atoms with E-state index in [0.717, 1.165) is 32.5 Å². The lowest BCUT2D eigenvalue weighted by Gasteiger charge is -2.37. The molecule has 4 nitrogen and oxygen atoms in total. The van der Waals surface area contributed by atoms with Gasteiger partial charge in [0.1, 0.15) is 17.0 Å². The van der Waals surface area contributed by atoms with Crippen LogP contribution in [0.1, 0.15) is 5.56 Å². The highest BCUT2D eigenvalue weighted by Gasteiger charge is 2.31. The number of anilines is 2. The first-order chi connectivity index (χ1) is 15.0. The van der Waals surface area contributed by atoms with Crippen molar-refractivity contribution in [2.75, 3.05) is 36.0 Å². The third kappa shape index (κ3) is 3.95. The van der Waals surface area contributed by atoms with Crippen molar-refractivity contribution < 1.29 is 13.2 Å². The Labute approximate surface area is 181 Å². The van der Waals surface area contributed by atoms with Gasteiger partial charge in [0.15, 0.2) is 0 Å². The Balaban J connectivity index is 1.37. The number of aromatic nitrogens is 2. The molecule has 0 amide bonds. The number of piperazine rings is 1. The molecule has 0 aliphatic carbocycles. The van der Waals surface area contributed by atoms with Crippen LogP contribution in [-0.4, -0.2) is 36.1 Å². The summed E-state index contributed by atoms with van der Waals surface area (Å²) in [6.07, 6.45) is -2.75. The lowest BCUT2D eigenvalue weighted by molar-refractivity contribution is -0.137. The van der Waals surface area contributed by atoms with Crippen LogP contribution in [0.25, 0.3) is 20.7 Å². The summed E-state index contributed by atoms with van der Waals surface area (Å²) < 4.78 is 39.2. The smallest absolute Gasteiger partial charge is 0.368 e. The van der Waals surface area contributed by atoms with Gasteiger partial charge in [-0.05, 0) is 29.8 Å². The molecule has 1 aliphatic heterocycles. The molecule has 0 saturated carbocycles. The SMILES string of the molecule is FC(F)(F)c1cccc(N2CCN(c3ncnc4sc(-c5ccccc5)cc34)CC2)c1. The maximum atomic E-state index is 13.1. The van der Waals surface area contributed by atoms with Crippen molar-refractivity contribution in [2.24, 2.45) is 0 Å². The van der Waals surface area contributed by atoms with Gasteiger partial charge in [-0.1, -0.05) is 36.4 Å². The van der Waals surface area contributed by atoms with E-state index in [9.17, 15) is 13.2 Å². The van der Waals surface area contributed by atoms with Crippen molar-refractivity contribution in [3.05, 3.63) is 72.6 Å². The van der Waals surface area contributed by atoms with Gasteiger partial charge in [0.2, 0.25) is 0 Å². The molecule has 3 heterocycles. The van der Waals surface area contributed by atoms with E-state index < -0.39 is 11.7 Å². The van der Waals surface area contributed by atoms with Gasteiger partial charge in [-0.15, -0.1) is 11.3 Å². The largest absolute Gasteiger partial charge is 0.416 e. The molecule has 1 saturated heterocycles. The van der Waals surface area contributed by atoms with Crippen molar-refractivity contribution in [3.8, 4) is 10.4 Å². The van der Waals surface area contributed by atoms with Crippen LogP contribution in [0.5, 0.6) is 0 Å². The number of nitrogens with zero attached hydrogens (tertiary/aromatic N) is 4. The molecule has 5 rings (SSSR count). The van der Waals surface area contributed by atoms with Crippen LogP contribution in [0.3, 0.4) is 0 Å². The monoisotopic (exact) mass is 440 g/mol. The van der Waals surface area contributed by atoms with Gasteiger partial charge in [-0.2, -0.15) is 13.2 Å². The molecular formula is C23H19F3N4S. The molecule has 2 aromatic heterocycles. The maximum Gasteiger partial charge on any atom is 0.416 e. The van der Waals surface area contributed by atoms with E-state index in [1.54, 1.807) is 23.7 Å². The maximum absolute atomic E-state index is 13.1. The number of hydrogen-bond donors (Lipinski definition) is 0. The predicted octanol–water partition coefficient (Wildman–Crippen LogP) is 5.70. The number of fused-ring (bicyclic) bond motifs is 1. The minimum absolute atomic E-state index is 0.601. The number of benzene rings is 2. The van der Waals surface area contributed by atoms with Crippen molar-refractivity contribution in [1.29, 1.82) is 0 Å². The number of rotatable bonds is 3. The molecule has 8 heteroatoms. The van der Waals surface area contributed by atoms with E-state index in [1.165, 1.54) is 12.1 Å². The van der Waals surface area contributed by atoms with Crippen LogP contribution in [0.15, 0.2) is 67.0 Å². The van der Waals surface area contributed by atoms with E-state index in [-0.39, 0.29) is 0 Å². The third-order valence-corrected chi connectivity index (χ3v) is 6.58. The summed E-state index contributed by atoms with van der Waals surface area (Å²) in [5, 5.41) is 1.01. The predicted molar refractivity (Wildman–Crippen MR) is 119 cm³/mol. The van der Waals surface area contributed by atoms with Crippen LogP contribution in [0.2, 0.25) is 0 Å². The van der Waals surface area contributed by atoms with Crippen LogP contribution in [-0.2, 0) is 6.18 Å². The minimum Gasteiger partial charge on any atom is -0.368 e. The van der Waals surface area contributed by atoms with Gasteiger partial charge in [-0.3, -0.25) is 0 Å². The van der Waals surface area contributed by atoms with E-state index >= 15 is 0 Å². The molecule has 31 heavy (non-hydrogen) atoms. The lowest BCUT2D eigenvalue weighted by Crippen LogP contribution is -2.47. The van der Waals surface area contributed by atoms with Crippen LogP contribution in [0, 0.1) is 0 Å². The first kappa shape index (κ1) is 19.8. The number of alkyl halides is 3. The van der Waals surface area contributed by atoms with Crippen molar-refractivity contribution in [2.45, 2.75) is 6.18 Å². The van der Waals surface area contributed by atoms with Gasteiger partial charge in [0, 0.05) is 36.7 Å². The summed E-state index contributed by atoms with van der Waals surface area (Å²) in [4.78, 5) is 15.2. The zero-order valence-electron chi connectivity index (χ0n) is 16.5.